The van der Waals surface area contributed by atoms with E-state index in [-0.39, 0.29) is 24.3 Å². The number of aliphatic hydroxyl groups excluding tert-OH is 5. The lowest BCUT2D eigenvalue weighted by Crippen LogP contribution is -2.45. The smallest absolute Gasteiger partial charge is 0.220 e. The highest BCUT2D eigenvalue weighted by Gasteiger charge is 2.39. The largest absolute Gasteiger partial charge is 0.394 e. The Hall–Kier alpha value is -1.77. The van der Waals surface area contributed by atoms with Crippen LogP contribution in [-0.4, -0.2) is 68.5 Å². The maximum absolute atomic E-state index is 12.4. The van der Waals surface area contributed by atoms with Crippen molar-refractivity contribution in [3.8, 4) is 0 Å². The summed E-state index contributed by atoms with van der Waals surface area (Å²) in [6, 6.07) is -0.721. The van der Waals surface area contributed by atoms with Crippen LogP contribution in [0.3, 0.4) is 0 Å². The van der Waals surface area contributed by atoms with Crippen molar-refractivity contribution in [3.05, 3.63) is 48.6 Å². The molecule has 0 bridgehead atoms. The van der Waals surface area contributed by atoms with E-state index in [4.69, 9.17) is 0 Å². The Kier molecular flexibility index (Phi) is 25.1. The van der Waals surface area contributed by atoms with Gasteiger partial charge in [0.15, 0.2) is 0 Å². The van der Waals surface area contributed by atoms with Gasteiger partial charge in [-0.2, -0.15) is 0 Å². The number of hydrogen-bond donors (Lipinski definition) is 6. The second-order valence-corrected chi connectivity index (χ2v) is 12.9. The summed E-state index contributed by atoms with van der Waals surface area (Å²) >= 11 is 0. The first-order chi connectivity index (χ1) is 21.8. The summed E-state index contributed by atoms with van der Waals surface area (Å²) in [7, 11) is 0. The summed E-state index contributed by atoms with van der Waals surface area (Å²) in [5.74, 6) is -0.496. The summed E-state index contributed by atoms with van der Waals surface area (Å²) in [5, 5.41) is 53.9. The number of unbranched alkanes of at least 4 members (excludes halogenated alkanes) is 11. The molecular weight excluding hydrogens is 566 g/mol. The Morgan fingerprint density at radius 2 is 1.40 bits per heavy atom. The third kappa shape index (κ3) is 20.2. The molecule has 0 heterocycles. The van der Waals surface area contributed by atoms with E-state index in [1.165, 1.54) is 51.4 Å². The number of carbonyl (C=O) groups is 1. The quantitative estimate of drug-likeness (QED) is 0.0434. The summed E-state index contributed by atoms with van der Waals surface area (Å²) in [6.07, 6.45) is 31.4. The molecule has 0 aromatic heterocycles. The number of nitrogens with one attached hydrogen (secondary N) is 1. The van der Waals surface area contributed by atoms with Gasteiger partial charge in [-0.15, -0.1) is 0 Å². The number of allylic oxidation sites excluding steroid dienone is 5. The third-order valence-electron chi connectivity index (χ3n) is 8.83. The normalized spacial score (nSPS) is 22.7. The van der Waals surface area contributed by atoms with Crippen LogP contribution in [-0.2, 0) is 4.79 Å². The van der Waals surface area contributed by atoms with Gasteiger partial charge in [0.25, 0.3) is 0 Å². The SMILES string of the molecule is CCC/C=C\CCCCCCCC/C=C/[C@@H](O)[C@H](CO)NC(=O)CCC/C=C/C[C@@H]1[C@@H](/C=C/[C@@H](O)CCCCC)[C@H](O)C[C@@H]1O. The molecule has 0 saturated heterocycles. The molecule has 0 spiro atoms. The Bertz CT molecular complexity index is 840. The van der Waals surface area contributed by atoms with E-state index in [1.54, 1.807) is 12.2 Å². The van der Waals surface area contributed by atoms with Crippen LogP contribution in [0.15, 0.2) is 48.6 Å². The van der Waals surface area contributed by atoms with Crippen LogP contribution in [0.25, 0.3) is 0 Å². The predicted octanol–water partition coefficient (Wildman–Crippen LogP) is 6.83. The molecule has 1 saturated carbocycles. The van der Waals surface area contributed by atoms with Gasteiger partial charge in [0.1, 0.15) is 0 Å². The number of rotatable bonds is 27. The van der Waals surface area contributed by atoms with E-state index in [0.29, 0.717) is 38.5 Å². The molecule has 1 rings (SSSR count). The fourth-order valence-corrected chi connectivity index (χ4v) is 5.94. The number of amides is 1. The van der Waals surface area contributed by atoms with E-state index < -0.39 is 30.5 Å². The first kappa shape index (κ1) is 41.3. The minimum absolute atomic E-state index is 0.105. The van der Waals surface area contributed by atoms with Crippen molar-refractivity contribution in [3.63, 3.8) is 0 Å². The minimum atomic E-state index is -0.924. The van der Waals surface area contributed by atoms with Gasteiger partial charge in [-0.05, 0) is 63.7 Å². The van der Waals surface area contributed by atoms with Gasteiger partial charge >= 0.3 is 0 Å². The van der Waals surface area contributed by atoms with E-state index in [1.807, 2.05) is 24.3 Å². The van der Waals surface area contributed by atoms with E-state index >= 15 is 0 Å². The molecule has 0 aromatic carbocycles. The maximum atomic E-state index is 12.4. The van der Waals surface area contributed by atoms with E-state index in [2.05, 4.69) is 31.3 Å². The average Bonchev–Trinajstić information content (AvgIpc) is 3.29. The van der Waals surface area contributed by atoms with Crippen LogP contribution < -0.4 is 5.32 Å². The van der Waals surface area contributed by atoms with Gasteiger partial charge < -0.3 is 30.8 Å². The Morgan fingerprint density at radius 1 is 0.756 bits per heavy atom. The van der Waals surface area contributed by atoms with Gasteiger partial charge in [-0.25, -0.2) is 0 Å². The lowest BCUT2D eigenvalue weighted by molar-refractivity contribution is -0.122. The fourth-order valence-electron chi connectivity index (χ4n) is 5.94. The molecule has 0 aliphatic heterocycles. The number of hydrogen-bond acceptors (Lipinski definition) is 6. The van der Waals surface area contributed by atoms with Gasteiger partial charge in [-0.1, -0.05) is 114 Å². The lowest BCUT2D eigenvalue weighted by atomic mass is 9.89. The zero-order valence-corrected chi connectivity index (χ0v) is 28.4. The summed E-state index contributed by atoms with van der Waals surface area (Å²) in [4.78, 5) is 12.4. The molecule has 260 valence electrons. The van der Waals surface area contributed by atoms with Crippen LogP contribution in [0.5, 0.6) is 0 Å². The zero-order chi connectivity index (χ0) is 33.1. The zero-order valence-electron chi connectivity index (χ0n) is 28.4. The van der Waals surface area contributed by atoms with Crippen LogP contribution >= 0.6 is 0 Å². The van der Waals surface area contributed by atoms with Gasteiger partial charge in [0, 0.05) is 18.8 Å². The van der Waals surface area contributed by atoms with Crippen molar-refractivity contribution in [2.45, 2.75) is 166 Å². The molecule has 1 fully saturated rings. The van der Waals surface area contributed by atoms with Crippen LogP contribution in [0, 0.1) is 11.8 Å². The topological polar surface area (TPSA) is 130 Å². The molecule has 7 atom stereocenters. The van der Waals surface area contributed by atoms with E-state index in [9.17, 15) is 30.3 Å². The van der Waals surface area contributed by atoms with E-state index in [0.717, 1.165) is 32.1 Å². The van der Waals surface area contributed by atoms with Crippen LogP contribution in [0.4, 0.5) is 0 Å². The molecule has 0 radical (unpaired) electrons. The first-order valence-electron chi connectivity index (χ1n) is 18.1. The molecule has 1 amide bonds. The highest BCUT2D eigenvalue weighted by Crippen LogP contribution is 2.36. The molecule has 45 heavy (non-hydrogen) atoms. The predicted molar refractivity (Wildman–Crippen MR) is 186 cm³/mol. The molecule has 0 unspecified atom stereocenters. The standard InChI is InChI=1S/C38H67NO6/c1-3-5-7-8-9-10-11-12-13-14-15-16-21-25-35(42)34(30-40)39-38(45)26-22-18-17-20-24-32-33(37(44)29-36(32)43)28-27-31(41)23-19-6-4-2/h7-8,17,20-21,25,27-28,31-37,40-44H,3-6,9-16,18-19,22-24,26,29-30H2,1-2H3,(H,39,45)/b8-7-,20-17+,25-21+,28-27+/t31-,32+,33+,34-,35+,36-,37+/m0/s1. The minimum Gasteiger partial charge on any atom is -0.394 e. The molecule has 0 aromatic rings. The van der Waals surface area contributed by atoms with Crippen LogP contribution in [0.1, 0.15) is 136 Å². The monoisotopic (exact) mass is 633 g/mol. The molecule has 7 heteroatoms. The highest BCUT2D eigenvalue weighted by molar-refractivity contribution is 5.76. The molecule has 1 aliphatic rings. The summed E-state index contributed by atoms with van der Waals surface area (Å²) in [6.45, 7) is 4.00. The van der Waals surface area contributed by atoms with Crippen LogP contribution in [0.2, 0.25) is 0 Å². The van der Waals surface area contributed by atoms with Crippen molar-refractivity contribution in [2.75, 3.05) is 6.61 Å². The number of carbonyl (C=O) groups excluding carboxylic acids is 1. The third-order valence-corrected chi connectivity index (χ3v) is 8.83. The maximum Gasteiger partial charge on any atom is 0.220 e. The molecule has 6 N–H and O–H groups in total. The fraction of sp³-hybridized carbons (Fsp3) is 0.763. The van der Waals surface area contributed by atoms with Crippen molar-refractivity contribution < 1.29 is 30.3 Å². The lowest BCUT2D eigenvalue weighted by Gasteiger charge is -2.20. The Balaban J connectivity index is 2.25. The summed E-state index contributed by atoms with van der Waals surface area (Å²) < 4.78 is 0. The van der Waals surface area contributed by atoms with Crippen molar-refractivity contribution >= 4 is 5.91 Å². The van der Waals surface area contributed by atoms with Crippen molar-refractivity contribution in [1.82, 2.24) is 5.32 Å². The van der Waals surface area contributed by atoms with Crippen molar-refractivity contribution in [1.29, 1.82) is 0 Å². The van der Waals surface area contributed by atoms with Crippen molar-refractivity contribution in [2.24, 2.45) is 11.8 Å². The first-order valence-corrected chi connectivity index (χ1v) is 18.1. The summed E-state index contributed by atoms with van der Waals surface area (Å²) in [5.41, 5.74) is 0. The Morgan fingerprint density at radius 3 is 2.09 bits per heavy atom. The molecule has 1 aliphatic carbocycles. The second kappa shape index (κ2) is 27.4. The van der Waals surface area contributed by atoms with Gasteiger partial charge in [0.2, 0.25) is 5.91 Å². The Labute approximate surface area is 274 Å². The molecular formula is C38H67NO6. The second-order valence-electron chi connectivity index (χ2n) is 12.9. The highest BCUT2D eigenvalue weighted by atomic mass is 16.3. The number of aliphatic hydroxyl groups is 5. The van der Waals surface area contributed by atoms with Gasteiger partial charge in [-0.3, -0.25) is 4.79 Å². The molecule has 7 nitrogen and oxygen atoms in total. The van der Waals surface area contributed by atoms with Gasteiger partial charge in [0.05, 0.1) is 37.1 Å². The average molecular weight is 634 g/mol.